The average molecular weight is 510 g/mol. The van der Waals surface area contributed by atoms with Crippen molar-refractivity contribution in [2.45, 2.75) is 12.0 Å². The maximum absolute atomic E-state index is 12.6. The number of benzene rings is 3. The maximum Gasteiger partial charge on any atom is 0.408 e. The van der Waals surface area contributed by atoms with Crippen LogP contribution in [-0.2, 0) is 9.53 Å². The molecule has 5 rings (SSSR count). The van der Waals surface area contributed by atoms with E-state index in [-0.39, 0.29) is 12.5 Å². The Hall–Kier alpha value is -3.52. The third-order valence-electron chi connectivity index (χ3n) is 5.81. The summed E-state index contributed by atoms with van der Waals surface area (Å²) in [6.07, 6.45) is -0.810. The number of alkyl carbamates (subject to hydrolysis) is 1. The van der Waals surface area contributed by atoms with Crippen LogP contribution in [0.3, 0.4) is 0 Å². The zero-order valence-electron chi connectivity index (χ0n) is 17.4. The first-order valence-corrected chi connectivity index (χ1v) is 11.3. The highest BCUT2D eigenvalue weighted by molar-refractivity contribution is 9.10. The van der Waals surface area contributed by atoms with Crippen molar-refractivity contribution in [3.8, 4) is 22.6 Å². The van der Waals surface area contributed by atoms with E-state index >= 15 is 0 Å². The number of nitrogens with one attached hydrogen (secondary N) is 1. The molecule has 1 unspecified atom stereocenters. The number of hydrogen-bond acceptors (Lipinski definition) is 5. The number of aliphatic carboxylic acids is 1. The van der Waals surface area contributed by atoms with Gasteiger partial charge in [-0.3, -0.25) is 0 Å². The zero-order valence-corrected chi connectivity index (χ0v) is 19.0. The molecule has 1 aliphatic carbocycles. The first-order chi connectivity index (χ1) is 16.0. The number of ether oxygens (including phenoxy) is 3. The summed E-state index contributed by atoms with van der Waals surface area (Å²) < 4.78 is 17.2. The van der Waals surface area contributed by atoms with Crippen molar-refractivity contribution in [1.29, 1.82) is 0 Å². The number of amides is 1. The summed E-state index contributed by atoms with van der Waals surface area (Å²) in [5.74, 6) is -0.400. The van der Waals surface area contributed by atoms with Crippen LogP contribution in [0.25, 0.3) is 11.1 Å². The molecular weight excluding hydrogens is 490 g/mol. The van der Waals surface area contributed by atoms with Crippen molar-refractivity contribution >= 4 is 28.0 Å². The summed E-state index contributed by atoms with van der Waals surface area (Å²) in [5, 5.41) is 12.2. The molecule has 1 atom stereocenters. The Morgan fingerprint density at radius 2 is 1.67 bits per heavy atom. The molecule has 3 aromatic rings. The highest BCUT2D eigenvalue weighted by atomic mass is 79.9. The fraction of sp³-hybridized carbons (Fsp3) is 0.200. The molecule has 1 aliphatic heterocycles. The minimum absolute atomic E-state index is 0.0943. The molecule has 0 saturated carbocycles. The van der Waals surface area contributed by atoms with Crippen molar-refractivity contribution in [2.24, 2.45) is 0 Å². The molecule has 33 heavy (non-hydrogen) atoms. The molecule has 0 bridgehead atoms. The maximum atomic E-state index is 12.6. The van der Waals surface area contributed by atoms with Crippen molar-refractivity contribution in [3.63, 3.8) is 0 Å². The van der Waals surface area contributed by atoms with Gasteiger partial charge in [0.25, 0.3) is 0 Å². The molecule has 0 aromatic heterocycles. The molecule has 7 nitrogen and oxygen atoms in total. The van der Waals surface area contributed by atoms with Crippen LogP contribution < -0.4 is 14.8 Å². The first-order valence-electron chi connectivity index (χ1n) is 10.5. The number of carbonyl (C=O) groups excluding carboxylic acids is 1. The fourth-order valence-electron chi connectivity index (χ4n) is 4.34. The van der Waals surface area contributed by atoms with Crippen LogP contribution in [0.2, 0.25) is 0 Å². The number of halogens is 1. The first kappa shape index (κ1) is 21.3. The highest BCUT2D eigenvalue weighted by Crippen LogP contribution is 2.44. The van der Waals surface area contributed by atoms with Gasteiger partial charge in [0.1, 0.15) is 19.8 Å². The quantitative estimate of drug-likeness (QED) is 0.508. The zero-order chi connectivity index (χ0) is 22.9. The van der Waals surface area contributed by atoms with Gasteiger partial charge in [-0.15, -0.1) is 0 Å². The van der Waals surface area contributed by atoms with Crippen LogP contribution in [0.1, 0.15) is 28.7 Å². The molecule has 0 fully saturated rings. The van der Waals surface area contributed by atoms with Crippen molar-refractivity contribution in [3.05, 3.63) is 81.8 Å². The van der Waals surface area contributed by atoms with E-state index in [2.05, 4.69) is 33.4 Å². The monoisotopic (exact) mass is 509 g/mol. The molecule has 0 spiro atoms. The van der Waals surface area contributed by atoms with E-state index in [1.807, 2.05) is 36.4 Å². The van der Waals surface area contributed by atoms with E-state index < -0.39 is 18.1 Å². The van der Waals surface area contributed by atoms with Gasteiger partial charge in [0.05, 0.1) is 4.47 Å². The third kappa shape index (κ3) is 4.02. The number of carbonyl (C=O) groups is 2. The van der Waals surface area contributed by atoms with E-state index in [1.54, 1.807) is 12.1 Å². The van der Waals surface area contributed by atoms with Crippen LogP contribution >= 0.6 is 15.9 Å². The Balaban J connectivity index is 1.32. The standard InChI is InChI=1S/C25H20BrNO6/c26-20-11-14(12-21-23(20)32-10-9-31-21)22(24(28)29)27-25(30)33-13-19-17-7-3-1-5-15(17)16-6-2-4-8-18(16)19/h1-8,11-12,19,22H,9-10,13H2,(H,27,30)(H,28,29). The van der Waals surface area contributed by atoms with Gasteiger partial charge in [-0.2, -0.15) is 0 Å². The van der Waals surface area contributed by atoms with Gasteiger partial charge in [0.2, 0.25) is 0 Å². The SMILES string of the molecule is O=C(NC(C(=O)O)c1cc(Br)c2c(c1)OCCO2)OCC1c2ccccc2-c2ccccc21. The topological polar surface area (TPSA) is 94.1 Å². The highest BCUT2D eigenvalue weighted by Gasteiger charge is 2.31. The number of fused-ring (bicyclic) bond motifs is 4. The molecule has 8 heteroatoms. The smallest absolute Gasteiger partial charge is 0.408 e. The summed E-state index contributed by atoms with van der Waals surface area (Å²) in [6, 6.07) is 17.9. The van der Waals surface area contributed by atoms with Crippen LogP contribution in [-0.4, -0.2) is 37.0 Å². The minimum Gasteiger partial charge on any atom is -0.486 e. The minimum atomic E-state index is -1.31. The van der Waals surface area contributed by atoms with Gasteiger partial charge >= 0.3 is 12.1 Å². The summed E-state index contributed by atoms with van der Waals surface area (Å²) in [7, 11) is 0. The largest absolute Gasteiger partial charge is 0.486 e. The van der Waals surface area contributed by atoms with Gasteiger partial charge in [0, 0.05) is 5.92 Å². The lowest BCUT2D eigenvalue weighted by Crippen LogP contribution is -2.35. The van der Waals surface area contributed by atoms with Crippen LogP contribution in [0.5, 0.6) is 11.5 Å². The predicted octanol–water partition coefficient (Wildman–Crippen LogP) is 4.88. The summed E-state index contributed by atoms with van der Waals surface area (Å²) in [5.41, 5.74) is 4.74. The molecule has 0 radical (unpaired) electrons. The Morgan fingerprint density at radius 3 is 2.33 bits per heavy atom. The molecule has 3 aromatic carbocycles. The lowest BCUT2D eigenvalue weighted by molar-refractivity contribution is -0.139. The summed E-state index contributed by atoms with van der Waals surface area (Å²) in [4.78, 5) is 24.6. The van der Waals surface area contributed by atoms with Gasteiger partial charge < -0.3 is 24.6 Å². The second-order valence-corrected chi connectivity index (χ2v) is 8.62. The van der Waals surface area contributed by atoms with Crippen molar-refractivity contribution < 1.29 is 28.9 Å². The number of hydrogen-bond donors (Lipinski definition) is 2. The second-order valence-electron chi connectivity index (χ2n) is 7.77. The average Bonchev–Trinajstić information content (AvgIpc) is 3.15. The number of rotatable bonds is 5. The van der Waals surface area contributed by atoms with Crippen LogP contribution in [0, 0.1) is 0 Å². The number of carboxylic acid groups (broad SMARTS) is 1. The van der Waals surface area contributed by atoms with E-state index in [9.17, 15) is 14.7 Å². The molecule has 2 N–H and O–H groups in total. The molecule has 168 valence electrons. The van der Waals surface area contributed by atoms with E-state index in [0.29, 0.717) is 34.7 Å². The lowest BCUT2D eigenvalue weighted by atomic mass is 9.98. The van der Waals surface area contributed by atoms with Gasteiger partial charge in [-0.05, 0) is 55.9 Å². The fourth-order valence-corrected chi connectivity index (χ4v) is 4.92. The van der Waals surface area contributed by atoms with E-state index in [0.717, 1.165) is 22.3 Å². The molecule has 1 amide bonds. The van der Waals surface area contributed by atoms with Gasteiger partial charge in [-0.1, -0.05) is 48.5 Å². The van der Waals surface area contributed by atoms with Crippen LogP contribution in [0.15, 0.2) is 65.1 Å². The van der Waals surface area contributed by atoms with E-state index in [1.165, 1.54) is 0 Å². The van der Waals surface area contributed by atoms with E-state index in [4.69, 9.17) is 14.2 Å². The Labute approximate surface area is 198 Å². The third-order valence-corrected chi connectivity index (χ3v) is 6.39. The Morgan fingerprint density at radius 1 is 1.03 bits per heavy atom. The van der Waals surface area contributed by atoms with Crippen LogP contribution in [0.4, 0.5) is 4.79 Å². The molecule has 1 heterocycles. The Kier molecular flexibility index (Phi) is 5.68. The second kappa shape index (κ2) is 8.78. The summed E-state index contributed by atoms with van der Waals surface area (Å²) in [6.45, 7) is 0.864. The van der Waals surface area contributed by atoms with Gasteiger partial charge in [-0.25, -0.2) is 9.59 Å². The normalized spacial score (nSPS) is 14.7. The lowest BCUT2D eigenvalue weighted by Gasteiger charge is -2.22. The molecule has 0 saturated heterocycles. The molecule has 2 aliphatic rings. The number of carboxylic acids is 1. The van der Waals surface area contributed by atoms with Crippen molar-refractivity contribution in [2.75, 3.05) is 19.8 Å². The summed E-state index contributed by atoms with van der Waals surface area (Å²) >= 11 is 3.38. The Bertz CT molecular complexity index is 1200. The van der Waals surface area contributed by atoms with Crippen molar-refractivity contribution in [1.82, 2.24) is 5.32 Å². The molecular formula is C25H20BrNO6. The predicted molar refractivity (Wildman–Crippen MR) is 124 cm³/mol. The van der Waals surface area contributed by atoms with Gasteiger partial charge in [0.15, 0.2) is 17.5 Å².